The van der Waals surface area contributed by atoms with Crippen molar-refractivity contribution in [3.8, 4) is 0 Å². The van der Waals surface area contributed by atoms with Gasteiger partial charge in [-0.15, -0.1) is 0 Å². The van der Waals surface area contributed by atoms with Crippen LogP contribution in [0.5, 0.6) is 0 Å². The molecule has 0 saturated heterocycles. The van der Waals surface area contributed by atoms with Gasteiger partial charge >= 0.3 is 0 Å². The molecule has 0 saturated carbocycles. The standard InChI is InChI=1S/C22H24BrN3O3S/c1-14(16-7-5-4-6-8-16)24-20(27)15(2)30-22-25-19-10-9-17(23)13-18(19)21(28)26(22)11-12-29-3/h4-10,13-15H,11-12H2,1-3H3,(H,24,27). The van der Waals surface area contributed by atoms with E-state index in [4.69, 9.17) is 4.74 Å². The summed E-state index contributed by atoms with van der Waals surface area (Å²) in [5.74, 6) is -0.111. The number of aromatic nitrogens is 2. The fraction of sp³-hybridized carbons (Fsp3) is 0.318. The lowest BCUT2D eigenvalue weighted by molar-refractivity contribution is -0.120. The number of amides is 1. The number of benzene rings is 2. The summed E-state index contributed by atoms with van der Waals surface area (Å²) >= 11 is 4.68. The van der Waals surface area contributed by atoms with Crippen molar-refractivity contribution < 1.29 is 9.53 Å². The first-order valence-corrected chi connectivity index (χ1v) is 11.3. The fourth-order valence-corrected chi connectivity index (χ4v) is 4.31. The number of halogens is 1. The number of hydrogen-bond donors (Lipinski definition) is 1. The number of fused-ring (bicyclic) bond motifs is 1. The Morgan fingerprint density at radius 3 is 2.67 bits per heavy atom. The Balaban J connectivity index is 1.85. The van der Waals surface area contributed by atoms with E-state index < -0.39 is 5.25 Å². The topological polar surface area (TPSA) is 73.2 Å². The maximum atomic E-state index is 13.1. The highest BCUT2D eigenvalue weighted by Gasteiger charge is 2.21. The monoisotopic (exact) mass is 489 g/mol. The lowest BCUT2D eigenvalue weighted by atomic mass is 10.1. The van der Waals surface area contributed by atoms with Gasteiger partial charge in [0.1, 0.15) is 0 Å². The second-order valence-corrected chi connectivity index (χ2v) is 9.13. The molecule has 3 rings (SSSR count). The molecule has 2 atom stereocenters. The summed E-state index contributed by atoms with van der Waals surface area (Å²) in [6, 6.07) is 15.1. The zero-order valence-electron chi connectivity index (χ0n) is 17.1. The molecule has 0 aliphatic heterocycles. The number of methoxy groups -OCH3 is 1. The van der Waals surface area contributed by atoms with E-state index in [1.807, 2.05) is 50.2 Å². The Labute approximate surface area is 188 Å². The molecule has 0 aliphatic carbocycles. The van der Waals surface area contributed by atoms with Gasteiger partial charge in [0, 0.05) is 11.6 Å². The van der Waals surface area contributed by atoms with Crippen molar-refractivity contribution in [2.75, 3.05) is 13.7 Å². The van der Waals surface area contributed by atoms with Crippen LogP contribution in [0.1, 0.15) is 25.5 Å². The van der Waals surface area contributed by atoms with Crippen molar-refractivity contribution >= 4 is 44.5 Å². The SMILES string of the molecule is COCCn1c(SC(C)C(=O)NC(C)c2ccccc2)nc2ccc(Br)cc2c1=O. The van der Waals surface area contributed by atoms with Gasteiger partial charge in [0.05, 0.1) is 35.3 Å². The van der Waals surface area contributed by atoms with Crippen molar-refractivity contribution in [1.29, 1.82) is 0 Å². The number of carbonyl (C=O) groups is 1. The molecule has 2 aromatic carbocycles. The molecule has 8 heteroatoms. The molecule has 6 nitrogen and oxygen atoms in total. The highest BCUT2D eigenvalue weighted by Crippen LogP contribution is 2.24. The van der Waals surface area contributed by atoms with Crippen molar-refractivity contribution in [2.45, 2.75) is 36.8 Å². The maximum absolute atomic E-state index is 13.1. The van der Waals surface area contributed by atoms with Crippen LogP contribution in [-0.2, 0) is 16.1 Å². The molecule has 0 radical (unpaired) electrons. The molecule has 0 aliphatic rings. The van der Waals surface area contributed by atoms with Crippen LogP contribution in [0.15, 0.2) is 63.0 Å². The van der Waals surface area contributed by atoms with Crippen LogP contribution in [0.25, 0.3) is 10.9 Å². The van der Waals surface area contributed by atoms with Crippen molar-refractivity contribution in [3.05, 3.63) is 68.9 Å². The van der Waals surface area contributed by atoms with E-state index >= 15 is 0 Å². The lowest BCUT2D eigenvalue weighted by Crippen LogP contribution is -2.34. The van der Waals surface area contributed by atoms with Crippen molar-refractivity contribution in [1.82, 2.24) is 14.9 Å². The summed E-state index contributed by atoms with van der Waals surface area (Å²) in [6.45, 7) is 4.50. The van der Waals surface area contributed by atoms with Crippen LogP contribution < -0.4 is 10.9 Å². The minimum absolute atomic E-state index is 0.111. The highest BCUT2D eigenvalue weighted by molar-refractivity contribution is 9.10. The van der Waals surface area contributed by atoms with Crippen LogP contribution in [-0.4, -0.2) is 34.4 Å². The molecule has 0 bridgehead atoms. The van der Waals surface area contributed by atoms with E-state index in [1.54, 1.807) is 23.8 Å². The van der Waals surface area contributed by atoms with Crippen molar-refractivity contribution in [3.63, 3.8) is 0 Å². The van der Waals surface area contributed by atoms with Gasteiger partial charge < -0.3 is 10.1 Å². The molecular formula is C22H24BrN3O3S. The first-order valence-electron chi connectivity index (χ1n) is 9.61. The third-order valence-electron chi connectivity index (χ3n) is 4.71. The van der Waals surface area contributed by atoms with E-state index in [9.17, 15) is 9.59 Å². The minimum Gasteiger partial charge on any atom is -0.383 e. The average molecular weight is 490 g/mol. The molecule has 0 fully saturated rings. The molecule has 0 spiro atoms. The number of nitrogens with one attached hydrogen (secondary N) is 1. The quantitative estimate of drug-likeness (QED) is 0.379. The van der Waals surface area contributed by atoms with Gasteiger partial charge in [0.25, 0.3) is 5.56 Å². The number of nitrogens with zero attached hydrogens (tertiary/aromatic N) is 2. The van der Waals surface area contributed by atoms with Crippen LogP contribution >= 0.6 is 27.7 Å². The molecule has 1 aromatic heterocycles. The summed E-state index contributed by atoms with van der Waals surface area (Å²) < 4.78 is 7.55. The first kappa shape index (κ1) is 22.5. The Morgan fingerprint density at radius 1 is 1.23 bits per heavy atom. The van der Waals surface area contributed by atoms with Crippen molar-refractivity contribution in [2.24, 2.45) is 0 Å². The summed E-state index contributed by atoms with van der Waals surface area (Å²) in [4.78, 5) is 30.5. The molecule has 30 heavy (non-hydrogen) atoms. The van der Waals surface area contributed by atoms with Gasteiger partial charge in [-0.1, -0.05) is 58.0 Å². The molecule has 1 amide bonds. The molecule has 2 unspecified atom stereocenters. The third kappa shape index (κ3) is 5.30. The normalized spacial score (nSPS) is 13.2. The van der Waals surface area contributed by atoms with Gasteiger partial charge in [0.15, 0.2) is 5.16 Å². The fourth-order valence-electron chi connectivity index (χ4n) is 3.01. The van der Waals surface area contributed by atoms with Crippen LogP contribution in [0.4, 0.5) is 0 Å². The Morgan fingerprint density at radius 2 is 1.97 bits per heavy atom. The largest absolute Gasteiger partial charge is 0.383 e. The molecule has 1 N–H and O–H groups in total. The Bertz CT molecular complexity index is 1090. The van der Waals surface area contributed by atoms with Gasteiger partial charge in [-0.2, -0.15) is 0 Å². The zero-order valence-corrected chi connectivity index (χ0v) is 19.5. The van der Waals surface area contributed by atoms with E-state index in [1.165, 1.54) is 11.8 Å². The number of ether oxygens (including phenoxy) is 1. The second-order valence-electron chi connectivity index (χ2n) is 6.91. The van der Waals surface area contributed by atoms with Gasteiger partial charge in [-0.3, -0.25) is 14.2 Å². The Kier molecular flexibility index (Phi) is 7.69. The maximum Gasteiger partial charge on any atom is 0.262 e. The predicted molar refractivity (Wildman–Crippen MR) is 124 cm³/mol. The zero-order chi connectivity index (χ0) is 21.7. The van der Waals surface area contributed by atoms with Gasteiger partial charge in [-0.05, 0) is 37.6 Å². The first-order chi connectivity index (χ1) is 14.4. The third-order valence-corrected chi connectivity index (χ3v) is 6.29. The molecule has 1 heterocycles. The molecule has 3 aromatic rings. The summed E-state index contributed by atoms with van der Waals surface area (Å²) in [6.07, 6.45) is 0. The summed E-state index contributed by atoms with van der Waals surface area (Å²) in [5.41, 5.74) is 1.49. The van der Waals surface area contributed by atoms with Crippen LogP contribution in [0.3, 0.4) is 0 Å². The number of hydrogen-bond acceptors (Lipinski definition) is 5. The number of thioether (sulfide) groups is 1. The predicted octanol–water partition coefficient (Wildman–Crippen LogP) is 4.16. The highest BCUT2D eigenvalue weighted by atomic mass is 79.9. The van der Waals surface area contributed by atoms with E-state index in [0.717, 1.165) is 10.0 Å². The lowest BCUT2D eigenvalue weighted by Gasteiger charge is -2.19. The smallest absolute Gasteiger partial charge is 0.262 e. The van der Waals surface area contributed by atoms with E-state index in [2.05, 4.69) is 26.2 Å². The molecular weight excluding hydrogens is 466 g/mol. The van der Waals surface area contributed by atoms with Crippen LogP contribution in [0, 0.1) is 0 Å². The number of carbonyl (C=O) groups excluding carboxylic acids is 1. The minimum atomic E-state index is -0.426. The van der Waals surface area contributed by atoms with E-state index in [0.29, 0.717) is 29.2 Å². The summed E-state index contributed by atoms with van der Waals surface area (Å²) in [5, 5.41) is 3.64. The number of rotatable bonds is 8. The second kappa shape index (κ2) is 10.2. The van der Waals surface area contributed by atoms with Crippen LogP contribution in [0.2, 0.25) is 0 Å². The average Bonchev–Trinajstić information content (AvgIpc) is 2.74. The molecule has 158 valence electrons. The van der Waals surface area contributed by atoms with Gasteiger partial charge in [-0.25, -0.2) is 4.98 Å². The van der Waals surface area contributed by atoms with E-state index in [-0.39, 0.29) is 17.5 Å². The summed E-state index contributed by atoms with van der Waals surface area (Å²) in [7, 11) is 1.59. The van der Waals surface area contributed by atoms with Gasteiger partial charge in [0.2, 0.25) is 5.91 Å². The Hall–Kier alpha value is -2.16.